The van der Waals surface area contributed by atoms with E-state index in [-0.39, 0.29) is 0 Å². The molecule has 1 fully saturated rings. The van der Waals surface area contributed by atoms with Crippen molar-refractivity contribution in [3.8, 4) is 0 Å². The summed E-state index contributed by atoms with van der Waals surface area (Å²) >= 11 is 2.01. The second-order valence-corrected chi connectivity index (χ2v) is 5.65. The van der Waals surface area contributed by atoms with Crippen molar-refractivity contribution in [1.82, 2.24) is 5.43 Å². The monoisotopic (exact) mass is 229 g/mol. The summed E-state index contributed by atoms with van der Waals surface area (Å²) in [4.78, 5) is 10.6. The number of primary amides is 1. The minimum Gasteiger partial charge on any atom is -0.350 e. The average molecular weight is 229 g/mol. The Kier molecular flexibility index (Phi) is 4.45. The molecule has 3 atom stereocenters. The summed E-state index contributed by atoms with van der Waals surface area (Å²) in [7, 11) is 0. The average Bonchev–Trinajstić information content (AvgIpc) is 2.18. The number of rotatable bonds is 2. The van der Waals surface area contributed by atoms with Crippen LogP contribution >= 0.6 is 11.8 Å². The predicted octanol–water partition coefficient (Wildman–Crippen LogP) is 1.95. The molecule has 1 aliphatic heterocycles. The molecule has 0 spiro atoms. The van der Waals surface area contributed by atoms with Crippen LogP contribution in [0, 0.1) is 5.92 Å². The summed E-state index contributed by atoms with van der Waals surface area (Å²) in [5, 5.41) is 5.26. The molecule has 5 heteroatoms. The fraction of sp³-hybridized carbons (Fsp3) is 0.800. The number of nitrogens with zero attached hydrogens (tertiary/aromatic N) is 1. The van der Waals surface area contributed by atoms with E-state index in [9.17, 15) is 4.79 Å². The van der Waals surface area contributed by atoms with E-state index in [0.29, 0.717) is 16.4 Å². The number of thioether (sulfide) groups is 1. The summed E-state index contributed by atoms with van der Waals surface area (Å²) in [6.45, 7) is 6.54. The lowest BCUT2D eigenvalue weighted by Crippen LogP contribution is -2.35. The van der Waals surface area contributed by atoms with Crippen LogP contribution in [0.4, 0.5) is 4.79 Å². The second kappa shape index (κ2) is 5.39. The minimum absolute atomic E-state index is 0.419. The van der Waals surface area contributed by atoms with Gasteiger partial charge in [-0.3, -0.25) is 0 Å². The number of carbonyl (C=O) groups excluding carboxylic acids is 1. The molecular weight excluding hydrogens is 210 g/mol. The van der Waals surface area contributed by atoms with E-state index >= 15 is 0 Å². The summed E-state index contributed by atoms with van der Waals surface area (Å²) in [5.41, 5.74) is 8.38. The van der Waals surface area contributed by atoms with Crippen LogP contribution < -0.4 is 11.2 Å². The topological polar surface area (TPSA) is 67.5 Å². The van der Waals surface area contributed by atoms with Gasteiger partial charge >= 0.3 is 6.03 Å². The molecule has 1 aliphatic rings. The maximum atomic E-state index is 10.6. The van der Waals surface area contributed by atoms with E-state index in [1.54, 1.807) is 0 Å². The molecule has 86 valence electrons. The van der Waals surface area contributed by atoms with Crippen molar-refractivity contribution in [2.24, 2.45) is 16.8 Å². The maximum absolute atomic E-state index is 10.6. The van der Waals surface area contributed by atoms with Crippen molar-refractivity contribution < 1.29 is 4.79 Å². The van der Waals surface area contributed by atoms with Gasteiger partial charge in [-0.15, -0.1) is 0 Å². The lowest BCUT2D eigenvalue weighted by Gasteiger charge is -2.32. The number of hydrazone groups is 1. The highest BCUT2D eigenvalue weighted by Gasteiger charge is 2.29. The van der Waals surface area contributed by atoms with Crippen molar-refractivity contribution in [2.75, 3.05) is 0 Å². The lowest BCUT2D eigenvalue weighted by atomic mass is 9.95. The third kappa shape index (κ3) is 3.41. The Morgan fingerprint density at radius 1 is 1.67 bits per heavy atom. The maximum Gasteiger partial charge on any atom is 0.332 e. The van der Waals surface area contributed by atoms with Crippen molar-refractivity contribution in [3.05, 3.63) is 0 Å². The summed E-state index contributed by atoms with van der Waals surface area (Å²) in [5.74, 6) is 0.419. The molecule has 0 saturated carbocycles. The van der Waals surface area contributed by atoms with Crippen LogP contribution in [0.1, 0.15) is 33.6 Å². The first-order chi connectivity index (χ1) is 7.04. The Morgan fingerprint density at radius 3 is 2.87 bits per heavy atom. The van der Waals surface area contributed by atoms with Crippen LogP contribution in [-0.2, 0) is 0 Å². The second-order valence-electron chi connectivity index (χ2n) is 3.97. The number of hydrogen-bond donors (Lipinski definition) is 2. The normalized spacial score (nSPS) is 34.1. The highest BCUT2D eigenvalue weighted by Crippen LogP contribution is 2.35. The first kappa shape index (κ1) is 12.4. The molecule has 0 aromatic carbocycles. The first-order valence-electron chi connectivity index (χ1n) is 5.32. The van der Waals surface area contributed by atoms with Crippen LogP contribution in [-0.4, -0.2) is 22.2 Å². The van der Waals surface area contributed by atoms with E-state index in [1.807, 2.05) is 11.8 Å². The third-order valence-electron chi connectivity index (χ3n) is 2.70. The zero-order chi connectivity index (χ0) is 11.4. The Labute approximate surface area is 95.1 Å². The van der Waals surface area contributed by atoms with Gasteiger partial charge in [0.15, 0.2) is 0 Å². The van der Waals surface area contributed by atoms with Gasteiger partial charge in [0.1, 0.15) is 0 Å². The summed E-state index contributed by atoms with van der Waals surface area (Å²) < 4.78 is 0. The quantitative estimate of drug-likeness (QED) is 0.711. The van der Waals surface area contributed by atoms with Crippen molar-refractivity contribution in [1.29, 1.82) is 0 Å². The zero-order valence-corrected chi connectivity index (χ0v) is 10.3. The van der Waals surface area contributed by atoms with Crippen LogP contribution in [0.2, 0.25) is 0 Å². The highest BCUT2D eigenvalue weighted by atomic mass is 32.2. The number of nitrogens with one attached hydrogen (secondary N) is 1. The molecule has 0 bridgehead atoms. The molecule has 1 saturated heterocycles. The number of urea groups is 1. The number of hydrogen-bond acceptors (Lipinski definition) is 3. The predicted molar refractivity (Wildman–Crippen MR) is 65.1 cm³/mol. The van der Waals surface area contributed by atoms with Gasteiger partial charge in [-0.1, -0.05) is 20.8 Å². The molecule has 0 aliphatic carbocycles. The van der Waals surface area contributed by atoms with Crippen molar-refractivity contribution >= 4 is 23.5 Å². The van der Waals surface area contributed by atoms with Crippen molar-refractivity contribution in [2.45, 2.75) is 44.1 Å². The van der Waals surface area contributed by atoms with Crippen LogP contribution in [0.3, 0.4) is 0 Å². The molecule has 15 heavy (non-hydrogen) atoms. The summed E-state index contributed by atoms with van der Waals surface area (Å²) in [6, 6.07) is -0.589. The molecule has 1 heterocycles. The van der Waals surface area contributed by atoms with Gasteiger partial charge in [0.25, 0.3) is 0 Å². The molecule has 0 unspecified atom stereocenters. The first-order valence-corrected chi connectivity index (χ1v) is 6.26. The Balaban J connectivity index is 2.69. The van der Waals surface area contributed by atoms with Gasteiger partial charge in [-0.05, 0) is 12.8 Å². The summed E-state index contributed by atoms with van der Waals surface area (Å²) in [6.07, 6.45) is 2.06. The molecular formula is C10H19N3OS. The fourth-order valence-corrected chi connectivity index (χ4v) is 3.33. The van der Waals surface area contributed by atoms with Crippen LogP contribution in [0.5, 0.6) is 0 Å². The largest absolute Gasteiger partial charge is 0.350 e. The minimum atomic E-state index is -0.589. The molecule has 0 aromatic rings. The molecule has 1 rings (SSSR count). The van der Waals surface area contributed by atoms with Crippen LogP contribution in [0.15, 0.2) is 5.10 Å². The molecule has 0 aromatic heterocycles. The van der Waals surface area contributed by atoms with Gasteiger partial charge in [-0.25, -0.2) is 10.2 Å². The Morgan fingerprint density at radius 2 is 2.33 bits per heavy atom. The van der Waals surface area contributed by atoms with Crippen molar-refractivity contribution in [3.63, 3.8) is 0 Å². The SMILES string of the molecule is CC[C@@H]1S[C@@H](C)CC(=NNC(N)=O)[C@@H]1C. The van der Waals surface area contributed by atoms with Gasteiger partial charge in [0.2, 0.25) is 0 Å². The number of carbonyl (C=O) groups is 1. The van der Waals surface area contributed by atoms with Crippen LogP contribution in [0.25, 0.3) is 0 Å². The van der Waals surface area contributed by atoms with Gasteiger partial charge in [0.05, 0.1) is 0 Å². The van der Waals surface area contributed by atoms with E-state index in [1.165, 1.54) is 0 Å². The lowest BCUT2D eigenvalue weighted by molar-refractivity contribution is 0.249. The number of amides is 2. The molecule has 4 nitrogen and oxygen atoms in total. The molecule has 2 amide bonds. The Hall–Kier alpha value is -0.710. The fourth-order valence-electron chi connectivity index (χ4n) is 1.88. The van der Waals surface area contributed by atoms with E-state index in [2.05, 4.69) is 31.3 Å². The third-order valence-corrected chi connectivity index (χ3v) is 4.42. The van der Waals surface area contributed by atoms with E-state index in [4.69, 9.17) is 5.73 Å². The smallest absolute Gasteiger partial charge is 0.332 e. The number of nitrogens with two attached hydrogens (primary N) is 1. The molecule has 3 N–H and O–H groups in total. The standard InChI is InChI=1S/C10H19N3OS/c1-4-9-7(3)8(5-6(2)15-9)12-13-10(11)14/h6-7,9H,4-5H2,1-3H3,(H3,11,13,14)/t6-,7-,9-/m0/s1. The molecule has 0 radical (unpaired) electrons. The highest BCUT2D eigenvalue weighted by molar-refractivity contribution is 8.00. The van der Waals surface area contributed by atoms with Gasteiger partial charge in [-0.2, -0.15) is 16.9 Å². The zero-order valence-electron chi connectivity index (χ0n) is 9.49. The Bertz CT molecular complexity index is 267. The van der Waals surface area contributed by atoms with E-state index in [0.717, 1.165) is 18.6 Å². The van der Waals surface area contributed by atoms with Gasteiger partial charge < -0.3 is 5.73 Å². The van der Waals surface area contributed by atoms with E-state index < -0.39 is 6.03 Å². The van der Waals surface area contributed by atoms with Gasteiger partial charge in [0, 0.05) is 22.1 Å².